The molecule has 0 radical (unpaired) electrons. The van der Waals surface area contributed by atoms with E-state index in [1.165, 1.54) is 7.05 Å². The molecule has 1 aromatic rings. The summed E-state index contributed by atoms with van der Waals surface area (Å²) >= 11 is 0.410. The van der Waals surface area contributed by atoms with E-state index in [9.17, 15) is 13.6 Å². The molecule has 0 saturated carbocycles. The van der Waals surface area contributed by atoms with E-state index < -0.39 is 17.5 Å². The van der Waals surface area contributed by atoms with E-state index >= 15 is 0 Å². The van der Waals surface area contributed by atoms with Gasteiger partial charge in [0.25, 0.3) is 0 Å². The molecule has 0 aliphatic carbocycles. The zero-order valence-electron chi connectivity index (χ0n) is 9.10. The normalized spacial score (nSPS) is 20.5. The first-order valence-electron chi connectivity index (χ1n) is 5.02. The van der Waals surface area contributed by atoms with Crippen LogP contribution in [0.15, 0.2) is 35.2 Å². The summed E-state index contributed by atoms with van der Waals surface area (Å²) in [6.45, 7) is -0.0916. The summed E-state index contributed by atoms with van der Waals surface area (Å²) in [5.74, 6) is 0. The van der Waals surface area contributed by atoms with Crippen LogP contribution in [0.25, 0.3) is 0 Å². The second-order valence-corrected chi connectivity index (χ2v) is 4.95. The van der Waals surface area contributed by atoms with Gasteiger partial charge in [0.1, 0.15) is 0 Å². The summed E-state index contributed by atoms with van der Waals surface area (Å²) in [5.41, 5.74) is 0. The number of carbonyl (C=O) groups is 1. The Hall–Kier alpha value is -1.30. The number of alkyl halides is 2. The van der Waals surface area contributed by atoms with Crippen LogP contribution >= 0.6 is 11.8 Å². The van der Waals surface area contributed by atoms with Crippen molar-refractivity contribution in [1.82, 2.24) is 4.90 Å². The molecule has 0 aromatic heterocycles. The second-order valence-electron chi connectivity index (χ2n) is 3.73. The number of hydrogen-bond acceptors (Lipinski definition) is 3. The highest BCUT2D eigenvalue weighted by Crippen LogP contribution is 2.41. The maximum Gasteiger partial charge on any atom is 0.410 e. The highest BCUT2D eigenvalue weighted by atomic mass is 32.2. The molecule has 1 amide bonds. The van der Waals surface area contributed by atoms with Gasteiger partial charge in [0.15, 0.2) is 6.10 Å². The predicted molar refractivity (Wildman–Crippen MR) is 60.1 cm³/mol. The van der Waals surface area contributed by atoms with Gasteiger partial charge in [-0.3, -0.25) is 0 Å². The van der Waals surface area contributed by atoms with Crippen molar-refractivity contribution in [3.63, 3.8) is 0 Å². The van der Waals surface area contributed by atoms with Gasteiger partial charge in [0.2, 0.25) is 0 Å². The summed E-state index contributed by atoms with van der Waals surface area (Å²) < 4.78 is 32.3. The van der Waals surface area contributed by atoms with Gasteiger partial charge < -0.3 is 9.64 Å². The van der Waals surface area contributed by atoms with Crippen LogP contribution in [0.2, 0.25) is 0 Å². The molecule has 1 heterocycles. The molecular weight excluding hydrogens is 248 g/mol. The molecule has 2 rings (SSSR count). The van der Waals surface area contributed by atoms with Gasteiger partial charge in [-0.1, -0.05) is 18.2 Å². The molecule has 17 heavy (non-hydrogen) atoms. The molecule has 1 aromatic carbocycles. The number of ether oxygens (including phenoxy) is 1. The zero-order valence-corrected chi connectivity index (χ0v) is 9.92. The number of hydrogen-bond donors (Lipinski definition) is 0. The van der Waals surface area contributed by atoms with Gasteiger partial charge in [-0.05, 0) is 23.9 Å². The average Bonchev–Trinajstić information content (AvgIpc) is 2.61. The van der Waals surface area contributed by atoms with Crippen molar-refractivity contribution >= 4 is 17.9 Å². The summed E-state index contributed by atoms with van der Waals surface area (Å²) in [6.07, 6.45) is -2.10. The third-order valence-electron chi connectivity index (χ3n) is 2.37. The lowest BCUT2D eigenvalue weighted by atomic mass is 10.3. The number of nitrogens with zero attached hydrogens (tertiary/aromatic N) is 1. The molecule has 1 atom stereocenters. The summed E-state index contributed by atoms with van der Waals surface area (Å²) in [5, 5.41) is -3.12. The van der Waals surface area contributed by atoms with E-state index in [-0.39, 0.29) is 6.54 Å². The van der Waals surface area contributed by atoms with Gasteiger partial charge in [0.05, 0.1) is 6.54 Å². The van der Waals surface area contributed by atoms with E-state index in [0.29, 0.717) is 16.7 Å². The zero-order chi connectivity index (χ0) is 12.5. The number of carbonyl (C=O) groups excluding carboxylic acids is 1. The maximum atomic E-state index is 13.8. The van der Waals surface area contributed by atoms with Crippen LogP contribution in [0, 0.1) is 0 Å². The monoisotopic (exact) mass is 259 g/mol. The average molecular weight is 259 g/mol. The fourth-order valence-electron chi connectivity index (χ4n) is 1.46. The van der Waals surface area contributed by atoms with Gasteiger partial charge in [-0.15, -0.1) is 0 Å². The van der Waals surface area contributed by atoms with E-state index in [0.717, 1.165) is 4.90 Å². The fraction of sp³-hybridized carbons (Fsp3) is 0.364. The van der Waals surface area contributed by atoms with Crippen molar-refractivity contribution in [3.05, 3.63) is 30.3 Å². The SMILES string of the molecule is CN1CC(C(F)(F)Sc2ccccc2)OC1=O. The largest absolute Gasteiger partial charge is 0.437 e. The Labute approximate surface area is 102 Å². The number of likely N-dealkylation sites (N-methyl/N-ethyl adjacent to an activating group) is 1. The Kier molecular flexibility index (Phi) is 3.24. The maximum absolute atomic E-state index is 13.8. The Balaban J connectivity index is 2.07. The van der Waals surface area contributed by atoms with Crippen LogP contribution in [-0.4, -0.2) is 35.9 Å². The molecule has 92 valence electrons. The first-order valence-corrected chi connectivity index (χ1v) is 5.84. The molecule has 3 nitrogen and oxygen atoms in total. The van der Waals surface area contributed by atoms with Crippen molar-refractivity contribution in [3.8, 4) is 0 Å². The van der Waals surface area contributed by atoms with E-state index in [2.05, 4.69) is 4.74 Å². The number of amides is 1. The fourth-order valence-corrected chi connectivity index (χ4v) is 2.32. The Morgan fingerprint density at radius 3 is 2.59 bits per heavy atom. The molecule has 0 N–H and O–H groups in total. The minimum absolute atomic E-state index is 0.0916. The first-order chi connectivity index (χ1) is 7.99. The number of halogens is 2. The van der Waals surface area contributed by atoms with Crippen molar-refractivity contribution in [2.75, 3.05) is 13.6 Å². The molecule has 0 spiro atoms. The van der Waals surface area contributed by atoms with E-state index in [1.54, 1.807) is 30.3 Å². The molecule has 1 saturated heterocycles. The number of cyclic esters (lactones) is 1. The first kappa shape index (κ1) is 12.2. The van der Waals surface area contributed by atoms with Gasteiger partial charge >= 0.3 is 11.3 Å². The van der Waals surface area contributed by atoms with Gasteiger partial charge in [0, 0.05) is 11.9 Å². The van der Waals surface area contributed by atoms with Crippen molar-refractivity contribution in [2.45, 2.75) is 16.3 Å². The van der Waals surface area contributed by atoms with Crippen LogP contribution < -0.4 is 0 Å². The summed E-state index contributed by atoms with van der Waals surface area (Å²) in [6, 6.07) is 8.32. The molecule has 1 aliphatic heterocycles. The van der Waals surface area contributed by atoms with Crippen molar-refractivity contribution in [2.24, 2.45) is 0 Å². The highest BCUT2D eigenvalue weighted by Gasteiger charge is 2.48. The molecule has 0 bridgehead atoms. The Morgan fingerprint density at radius 2 is 2.06 bits per heavy atom. The summed E-state index contributed by atoms with van der Waals surface area (Å²) in [4.78, 5) is 12.6. The number of benzene rings is 1. The Bertz CT molecular complexity index is 413. The van der Waals surface area contributed by atoms with E-state index in [1.807, 2.05) is 0 Å². The van der Waals surface area contributed by atoms with E-state index in [4.69, 9.17) is 0 Å². The van der Waals surface area contributed by atoms with Crippen molar-refractivity contribution in [1.29, 1.82) is 0 Å². The third kappa shape index (κ3) is 2.69. The summed E-state index contributed by atoms with van der Waals surface area (Å²) in [7, 11) is 1.44. The third-order valence-corrected chi connectivity index (χ3v) is 3.41. The Morgan fingerprint density at radius 1 is 1.41 bits per heavy atom. The molecule has 1 unspecified atom stereocenters. The highest BCUT2D eigenvalue weighted by molar-refractivity contribution is 8.00. The second kappa shape index (κ2) is 4.52. The molecule has 1 fully saturated rings. The van der Waals surface area contributed by atoms with Crippen LogP contribution in [0.5, 0.6) is 0 Å². The lowest BCUT2D eigenvalue weighted by Gasteiger charge is -2.20. The van der Waals surface area contributed by atoms with Gasteiger partial charge in [-0.25, -0.2) is 4.79 Å². The van der Waals surface area contributed by atoms with Crippen LogP contribution in [0.3, 0.4) is 0 Å². The number of rotatable bonds is 3. The standard InChI is InChI=1S/C11H11F2NO2S/c1-14-7-9(16-10(14)15)11(12,13)17-8-5-3-2-4-6-8/h2-6,9H,7H2,1H3. The van der Waals surface area contributed by atoms with Gasteiger partial charge in [-0.2, -0.15) is 8.78 Å². The smallest absolute Gasteiger partial charge is 0.410 e. The molecular formula is C11H11F2NO2S. The minimum atomic E-state index is -3.12. The van der Waals surface area contributed by atoms with Crippen molar-refractivity contribution < 1.29 is 18.3 Å². The molecule has 1 aliphatic rings. The lowest BCUT2D eigenvalue weighted by molar-refractivity contribution is -0.0180. The molecule has 6 heteroatoms. The van der Waals surface area contributed by atoms with Crippen LogP contribution in [0.1, 0.15) is 0 Å². The van der Waals surface area contributed by atoms with Crippen LogP contribution in [-0.2, 0) is 4.74 Å². The lowest BCUT2D eigenvalue weighted by Crippen LogP contribution is -2.33. The topological polar surface area (TPSA) is 29.5 Å². The van der Waals surface area contributed by atoms with Crippen LogP contribution in [0.4, 0.5) is 13.6 Å². The predicted octanol–water partition coefficient (Wildman–Crippen LogP) is 2.82. The number of thioether (sulfide) groups is 1. The minimum Gasteiger partial charge on any atom is -0.437 e. The quantitative estimate of drug-likeness (QED) is 0.782.